The summed E-state index contributed by atoms with van der Waals surface area (Å²) in [5, 5.41) is 0. The normalized spacial score (nSPS) is 21.6. The molecule has 1 saturated heterocycles. The van der Waals surface area contributed by atoms with Crippen molar-refractivity contribution in [3.05, 3.63) is 29.8 Å². The number of nitrogens with one attached hydrogen (secondary N) is 1. The Hall–Kier alpha value is -1.10. The molecule has 3 N–H and O–H groups in total. The van der Waals surface area contributed by atoms with Crippen molar-refractivity contribution in [1.29, 1.82) is 0 Å². The zero-order valence-electron chi connectivity index (χ0n) is 10.9. The van der Waals surface area contributed by atoms with Crippen LogP contribution in [0.25, 0.3) is 0 Å². The second-order valence-corrected chi connectivity index (χ2v) is 4.81. The Morgan fingerprint density at radius 1 is 1.56 bits per heavy atom. The Morgan fingerprint density at radius 2 is 2.44 bits per heavy atom. The van der Waals surface area contributed by atoms with E-state index in [9.17, 15) is 0 Å². The van der Waals surface area contributed by atoms with Crippen molar-refractivity contribution in [3.8, 4) is 5.75 Å². The summed E-state index contributed by atoms with van der Waals surface area (Å²) >= 11 is 0. The second kappa shape index (κ2) is 6.73. The molecule has 2 unspecified atom stereocenters. The van der Waals surface area contributed by atoms with E-state index in [0.29, 0.717) is 5.92 Å². The molecule has 2 atom stereocenters. The van der Waals surface area contributed by atoms with E-state index in [0.717, 1.165) is 31.8 Å². The van der Waals surface area contributed by atoms with E-state index < -0.39 is 0 Å². The molecule has 0 spiro atoms. The van der Waals surface area contributed by atoms with Crippen molar-refractivity contribution in [3.63, 3.8) is 0 Å². The number of benzene rings is 1. The summed E-state index contributed by atoms with van der Waals surface area (Å²) in [4.78, 5) is 0. The van der Waals surface area contributed by atoms with Crippen LogP contribution in [0.3, 0.4) is 0 Å². The minimum absolute atomic E-state index is 0.261. The number of methoxy groups -OCH3 is 1. The van der Waals surface area contributed by atoms with Gasteiger partial charge in [0.25, 0.3) is 0 Å². The third-order valence-electron chi connectivity index (χ3n) is 3.57. The van der Waals surface area contributed by atoms with Gasteiger partial charge in [0.15, 0.2) is 0 Å². The van der Waals surface area contributed by atoms with Gasteiger partial charge in [0.05, 0.1) is 13.7 Å². The van der Waals surface area contributed by atoms with Crippen LogP contribution >= 0.6 is 0 Å². The Balaban J connectivity index is 1.99. The average Bonchev–Trinajstić information content (AvgIpc) is 2.46. The molecule has 0 amide bonds. The van der Waals surface area contributed by atoms with Crippen LogP contribution in [0.2, 0.25) is 0 Å². The molecule has 4 nitrogen and oxygen atoms in total. The molecule has 1 heterocycles. The van der Waals surface area contributed by atoms with Gasteiger partial charge in [-0.2, -0.15) is 0 Å². The van der Waals surface area contributed by atoms with Gasteiger partial charge in [-0.3, -0.25) is 11.3 Å². The Labute approximate surface area is 108 Å². The minimum atomic E-state index is 0.261. The van der Waals surface area contributed by atoms with Crippen LogP contribution in [0.15, 0.2) is 24.3 Å². The van der Waals surface area contributed by atoms with Crippen LogP contribution in [0, 0.1) is 5.92 Å². The first-order valence-corrected chi connectivity index (χ1v) is 6.50. The largest absolute Gasteiger partial charge is 0.497 e. The number of hydrogen-bond donors (Lipinski definition) is 2. The SMILES string of the molecule is COc1cccc(CC(NN)C2CCCOC2)c1. The first-order chi connectivity index (χ1) is 8.83. The summed E-state index contributed by atoms with van der Waals surface area (Å²) in [6.45, 7) is 1.69. The van der Waals surface area contributed by atoms with Gasteiger partial charge in [-0.1, -0.05) is 12.1 Å². The highest BCUT2D eigenvalue weighted by Crippen LogP contribution is 2.21. The van der Waals surface area contributed by atoms with Gasteiger partial charge in [-0.05, 0) is 42.9 Å². The Bertz CT molecular complexity index is 365. The van der Waals surface area contributed by atoms with Crippen molar-refractivity contribution in [2.24, 2.45) is 11.8 Å². The fourth-order valence-electron chi connectivity index (χ4n) is 2.50. The second-order valence-electron chi connectivity index (χ2n) is 4.81. The highest BCUT2D eigenvalue weighted by Gasteiger charge is 2.23. The number of nitrogens with two attached hydrogens (primary N) is 1. The van der Waals surface area contributed by atoms with Crippen LogP contribution in [0.5, 0.6) is 5.75 Å². The predicted molar refractivity (Wildman–Crippen MR) is 71.4 cm³/mol. The van der Waals surface area contributed by atoms with Crippen LogP contribution in [-0.4, -0.2) is 26.4 Å². The van der Waals surface area contributed by atoms with Crippen molar-refractivity contribution in [1.82, 2.24) is 5.43 Å². The third-order valence-corrected chi connectivity index (χ3v) is 3.57. The highest BCUT2D eigenvalue weighted by molar-refractivity contribution is 5.29. The summed E-state index contributed by atoms with van der Waals surface area (Å²) < 4.78 is 10.8. The number of hydrogen-bond acceptors (Lipinski definition) is 4. The molecule has 100 valence electrons. The van der Waals surface area contributed by atoms with Crippen LogP contribution in [0.1, 0.15) is 18.4 Å². The molecule has 4 heteroatoms. The molecule has 1 aliphatic rings. The van der Waals surface area contributed by atoms with Crippen LogP contribution in [0.4, 0.5) is 0 Å². The van der Waals surface area contributed by atoms with Gasteiger partial charge in [0, 0.05) is 12.6 Å². The zero-order chi connectivity index (χ0) is 12.8. The molecular weight excluding hydrogens is 228 g/mol. The number of rotatable bonds is 5. The smallest absolute Gasteiger partial charge is 0.119 e. The fraction of sp³-hybridized carbons (Fsp3) is 0.571. The van der Waals surface area contributed by atoms with E-state index in [-0.39, 0.29) is 6.04 Å². The van der Waals surface area contributed by atoms with E-state index in [1.165, 1.54) is 12.0 Å². The molecule has 1 aliphatic heterocycles. The molecule has 0 radical (unpaired) electrons. The first-order valence-electron chi connectivity index (χ1n) is 6.50. The number of hydrazine groups is 1. The quantitative estimate of drug-likeness (QED) is 0.614. The highest BCUT2D eigenvalue weighted by atomic mass is 16.5. The molecule has 1 aromatic rings. The maximum atomic E-state index is 5.69. The van der Waals surface area contributed by atoms with Crippen molar-refractivity contribution >= 4 is 0 Å². The molecular formula is C14H22N2O2. The van der Waals surface area contributed by atoms with Gasteiger partial charge in [0.1, 0.15) is 5.75 Å². The lowest BCUT2D eigenvalue weighted by Crippen LogP contribution is -2.45. The summed E-state index contributed by atoms with van der Waals surface area (Å²) in [7, 11) is 1.69. The molecule has 0 aromatic heterocycles. The van der Waals surface area contributed by atoms with E-state index >= 15 is 0 Å². The maximum Gasteiger partial charge on any atom is 0.119 e. The lowest BCUT2D eigenvalue weighted by molar-refractivity contribution is 0.0393. The van der Waals surface area contributed by atoms with Crippen molar-refractivity contribution < 1.29 is 9.47 Å². The van der Waals surface area contributed by atoms with Gasteiger partial charge < -0.3 is 9.47 Å². The van der Waals surface area contributed by atoms with E-state index in [2.05, 4.69) is 17.6 Å². The van der Waals surface area contributed by atoms with Crippen molar-refractivity contribution in [2.45, 2.75) is 25.3 Å². The minimum Gasteiger partial charge on any atom is -0.497 e. The molecule has 0 saturated carbocycles. The van der Waals surface area contributed by atoms with Gasteiger partial charge >= 0.3 is 0 Å². The van der Waals surface area contributed by atoms with Crippen LogP contribution in [-0.2, 0) is 11.2 Å². The van der Waals surface area contributed by atoms with Gasteiger partial charge in [-0.25, -0.2) is 0 Å². The third kappa shape index (κ3) is 3.45. The summed E-state index contributed by atoms with van der Waals surface area (Å²) in [5.41, 5.74) is 4.18. The van der Waals surface area contributed by atoms with E-state index in [1.54, 1.807) is 7.11 Å². The lowest BCUT2D eigenvalue weighted by atomic mass is 9.89. The Morgan fingerprint density at radius 3 is 3.11 bits per heavy atom. The number of ether oxygens (including phenoxy) is 2. The standard InChI is InChI=1S/C14H22N2O2/c1-17-13-6-2-4-11(8-13)9-14(16-15)12-5-3-7-18-10-12/h2,4,6,8,12,14,16H,3,5,7,9-10,15H2,1H3. The first kappa shape index (κ1) is 13.3. The van der Waals surface area contributed by atoms with E-state index in [1.807, 2.05) is 12.1 Å². The monoisotopic (exact) mass is 250 g/mol. The molecule has 0 bridgehead atoms. The fourth-order valence-corrected chi connectivity index (χ4v) is 2.50. The Kier molecular flexibility index (Phi) is 4.99. The lowest BCUT2D eigenvalue weighted by Gasteiger charge is -2.29. The topological polar surface area (TPSA) is 56.5 Å². The maximum absolute atomic E-state index is 5.69. The predicted octanol–water partition coefficient (Wildman–Crippen LogP) is 1.50. The van der Waals surface area contributed by atoms with Crippen LogP contribution < -0.4 is 16.0 Å². The summed E-state index contributed by atoms with van der Waals surface area (Å²) in [6, 6.07) is 8.40. The summed E-state index contributed by atoms with van der Waals surface area (Å²) in [6.07, 6.45) is 3.21. The summed E-state index contributed by atoms with van der Waals surface area (Å²) in [5.74, 6) is 7.07. The van der Waals surface area contributed by atoms with Gasteiger partial charge in [-0.15, -0.1) is 0 Å². The molecule has 2 rings (SSSR count). The molecule has 0 aliphatic carbocycles. The van der Waals surface area contributed by atoms with Gasteiger partial charge in [0.2, 0.25) is 0 Å². The zero-order valence-corrected chi connectivity index (χ0v) is 10.9. The van der Waals surface area contributed by atoms with Crippen molar-refractivity contribution in [2.75, 3.05) is 20.3 Å². The van der Waals surface area contributed by atoms with E-state index in [4.69, 9.17) is 15.3 Å². The molecule has 1 fully saturated rings. The average molecular weight is 250 g/mol. The molecule has 18 heavy (non-hydrogen) atoms. The molecule has 1 aromatic carbocycles.